The standard InChI is InChI=1S/C19H23N5O5S/c1-4-23(5-2)30(28,29)16-8-6-7-15(12-16)19(25)22-21-13-14-9-10-17(20-3)18(11-14)24(26)27/h6-13,20H,4-5H2,1-3H3,(H,22,25)/b21-13+. The minimum absolute atomic E-state index is 0.0149. The van der Waals surface area contributed by atoms with Crippen molar-refractivity contribution in [3.8, 4) is 0 Å². The van der Waals surface area contributed by atoms with Crippen molar-refractivity contribution in [3.63, 3.8) is 0 Å². The predicted octanol–water partition coefficient (Wildman–Crippen LogP) is 2.43. The SMILES string of the molecule is CCN(CC)S(=O)(=O)c1cccc(C(=O)N/N=C/c2ccc(NC)c([N+](=O)[O-])c2)c1. The van der Waals surface area contributed by atoms with E-state index in [9.17, 15) is 23.3 Å². The first kappa shape index (κ1) is 23.0. The highest BCUT2D eigenvalue weighted by Gasteiger charge is 2.22. The number of anilines is 1. The van der Waals surface area contributed by atoms with Crippen LogP contribution in [-0.2, 0) is 10.0 Å². The van der Waals surface area contributed by atoms with Crippen LogP contribution in [0, 0.1) is 10.1 Å². The highest BCUT2D eigenvalue weighted by atomic mass is 32.2. The van der Waals surface area contributed by atoms with E-state index in [1.807, 2.05) is 0 Å². The van der Waals surface area contributed by atoms with E-state index in [0.717, 1.165) is 0 Å². The van der Waals surface area contributed by atoms with Crippen molar-refractivity contribution in [2.24, 2.45) is 5.10 Å². The Hall–Kier alpha value is -3.31. The summed E-state index contributed by atoms with van der Waals surface area (Å²) in [5.41, 5.74) is 3.07. The van der Waals surface area contributed by atoms with Crippen LogP contribution < -0.4 is 10.7 Å². The zero-order chi connectivity index (χ0) is 22.3. The fraction of sp³-hybridized carbons (Fsp3) is 0.263. The lowest BCUT2D eigenvalue weighted by Crippen LogP contribution is -2.30. The molecule has 10 nitrogen and oxygen atoms in total. The smallest absolute Gasteiger partial charge is 0.292 e. The van der Waals surface area contributed by atoms with Crippen molar-refractivity contribution < 1.29 is 18.1 Å². The first-order valence-corrected chi connectivity index (χ1v) is 10.6. The molecular formula is C19H23N5O5S. The summed E-state index contributed by atoms with van der Waals surface area (Å²) in [6, 6.07) is 10.1. The number of amides is 1. The molecule has 0 aromatic heterocycles. The molecule has 2 aromatic rings. The van der Waals surface area contributed by atoms with Gasteiger partial charge in [-0.25, -0.2) is 13.8 Å². The molecule has 0 aliphatic heterocycles. The highest BCUT2D eigenvalue weighted by molar-refractivity contribution is 7.89. The molecule has 2 aromatic carbocycles. The molecule has 2 N–H and O–H groups in total. The van der Waals surface area contributed by atoms with E-state index in [1.54, 1.807) is 27.0 Å². The Morgan fingerprint density at radius 3 is 2.50 bits per heavy atom. The molecule has 1 amide bonds. The van der Waals surface area contributed by atoms with Crippen molar-refractivity contribution in [1.29, 1.82) is 0 Å². The Morgan fingerprint density at radius 2 is 1.90 bits per heavy atom. The minimum Gasteiger partial charge on any atom is -0.383 e. The Balaban J connectivity index is 2.18. The second-order valence-corrected chi connectivity index (χ2v) is 8.04. The zero-order valence-electron chi connectivity index (χ0n) is 16.8. The van der Waals surface area contributed by atoms with Crippen molar-refractivity contribution in [2.75, 3.05) is 25.5 Å². The van der Waals surface area contributed by atoms with Crippen LogP contribution >= 0.6 is 0 Å². The van der Waals surface area contributed by atoms with E-state index < -0.39 is 20.9 Å². The third kappa shape index (κ3) is 5.19. The summed E-state index contributed by atoms with van der Waals surface area (Å²) in [6.45, 7) is 4.11. The number of hydrogen-bond donors (Lipinski definition) is 2. The van der Waals surface area contributed by atoms with Gasteiger partial charge in [-0.1, -0.05) is 26.0 Å². The first-order valence-electron chi connectivity index (χ1n) is 9.14. The molecule has 0 unspecified atom stereocenters. The molecule has 0 saturated carbocycles. The molecule has 0 bridgehead atoms. The number of benzene rings is 2. The Kier molecular flexibility index (Phi) is 7.61. The minimum atomic E-state index is -3.70. The summed E-state index contributed by atoms with van der Waals surface area (Å²) in [5.74, 6) is -0.607. The lowest BCUT2D eigenvalue weighted by atomic mass is 10.2. The normalized spacial score (nSPS) is 11.6. The number of rotatable bonds is 9. The van der Waals surface area contributed by atoms with Crippen LogP contribution in [0.2, 0.25) is 0 Å². The van der Waals surface area contributed by atoms with Crippen molar-refractivity contribution in [1.82, 2.24) is 9.73 Å². The molecule has 0 fully saturated rings. The summed E-state index contributed by atoms with van der Waals surface area (Å²) >= 11 is 0. The summed E-state index contributed by atoms with van der Waals surface area (Å²) in [5, 5.41) is 17.6. The van der Waals surface area contributed by atoms with Gasteiger partial charge in [-0.15, -0.1) is 0 Å². The average Bonchev–Trinajstić information content (AvgIpc) is 2.74. The van der Waals surface area contributed by atoms with Gasteiger partial charge in [0.15, 0.2) is 0 Å². The van der Waals surface area contributed by atoms with Gasteiger partial charge < -0.3 is 5.32 Å². The van der Waals surface area contributed by atoms with E-state index in [1.165, 1.54) is 46.9 Å². The van der Waals surface area contributed by atoms with Crippen molar-refractivity contribution in [3.05, 3.63) is 63.7 Å². The van der Waals surface area contributed by atoms with Gasteiger partial charge in [0, 0.05) is 37.3 Å². The number of sulfonamides is 1. The maximum Gasteiger partial charge on any atom is 0.292 e. The van der Waals surface area contributed by atoms with Crippen LogP contribution in [-0.4, -0.2) is 49.9 Å². The van der Waals surface area contributed by atoms with Crippen LogP contribution in [0.4, 0.5) is 11.4 Å². The van der Waals surface area contributed by atoms with Crippen LogP contribution in [0.5, 0.6) is 0 Å². The second-order valence-electron chi connectivity index (χ2n) is 6.10. The van der Waals surface area contributed by atoms with E-state index in [4.69, 9.17) is 0 Å². The number of nitrogens with zero attached hydrogens (tertiary/aromatic N) is 3. The van der Waals surface area contributed by atoms with Crippen LogP contribution in [0.1, 0.15) is 29.8 Å². The molecule has 0 heterocycles. The maximum atomic E-state index is 12.6. The van der Waals surface area contributed by atoms with E-state index >= 15 is 0 Å². The molecule has 160 valence electrons. The summed E-state index contributed by atoms with van der Waals surface area (Å²) in [4.78, 5) is 22.9. The van der Waals surface area contributed by atoms with Crippen LogP contribution in [0.15, 0.2) is 52.5 Å². The molecule has 0 spiro atoms. The molecule has 11 heteroatoms. The fourth-order valence-corrected chi connectivity index (χ4v) is 4.24. The Morgan fingerprint density at radius 1 is 1.20 bits per heavy atom. The summed E-state index contributed by atoms with van der Waals surface area (Å²) in [7, 11) is -2.12. The number of hydrogen-bond acceptors (Lipinski definition) is 7. The Bertz CT molecular complexity index is 1060. The number of carbonyl (C=O) groups excluding carboxylic acids is 1. The molecule has 0 aliphatic carbocycles. The van der Waals surface area contributed by atoms with Gasteiger partial charge in [-0.05, 0) is 24.3 Å². The molecule has 0 saturated heterocycles. The van der Waals surface area contributed by atoms with E-state index in [0.29, 0.717) is 24.3 Å². The summed E-state index contributed by atoms with van der Waals surface area (Å²) in [6.07, 6.45) is 1.26. The lowest BCUT2D eigenvalue weighted by Gasteiger charge is -2.18. The molecular weight excluding hydrogens is 410 g/mol. The van der Waals surface area contributed by atoms with E-state index in [2.05, 4.69) is 15.8 Å². The number of nitro benzene ring substituents is 1. The van der Waals surface area contributed by atoms with Gasteiger partial charge in [-0.3, -0.25) is 14.9 Å². The van der Waals surface area contributed by atoms with Crippen molar-refractivity contribution >= 4 is 33.5 Å². The largest absolute Gasteiger partial charge is 0.383 e. The molecule has 0 radical (unpaired) electrons. The topological polar surface area (TPSA) is 134 Å². The third-order valence-corrected chi connectivity index (χ3v) is 6.35. The number of carbonyl (C=O) groups is 1. The van der Waals surface area contributed by atoms with Crippen LogP contribution in [0.25, 0.3) is 0 Å². The summed E-state index contributed by atoms with van der Waals surface area (Å²) < 4.78 is 26.5. The maximum absolute atomic E-state index is 12.6. The van der Waals surface area contributed by atoms with E-state index in [-0.39, 0.29) is 16.1 Å². The molecule has 0 atom stereocenters. The molecule has 2 rings (SSSR count). The van der Waals surface area contributed by atoms with Gasteiger partial charge >= 0.3 is 0 Å². The average molecular weight is 433 g/mol. The van der Waals surface area contributed by atoms with Crippen LogP contribution in [0.3, 0.4) is 0 Å². The Labute approximate surface area is 174 Å². The monoisotopic (exact) mass is 433 g/mol. The zero-order valence-corrected chi connectivity index (χ0v) is 17.6. The van der Waals surface area contributed by atoms with Gasteiger partial charge in [0.05, 0.1) is 16.0 Å². The number of nitro groups is 1. The van der Waals surface area contributed by atoms with Crippen molar-refractivity contribution in [2.45, 2.75) is 18.7 Å². The number of nitrogens with one attached hydrogen (secondary N) is 2. The van der Waals surface area contributed by atoms with Gasteiger partial charge in [-0.2, -0.15) is 9.41 Å². The lowest BCUT2D eigenvalue weighted by molar-refractivity contribution is -0.383. The van der Waals surface area contributed by atoms with Gasteiger partial charge in [0.25, 0.3) is 11.6 Å². The molecule has 30 heavy (non-hydrogen) atoms. The third-order valence-electron chi connectivity index (χ3n) is 4.31. The van der Waals surface area contributed by atoms with Gasteiger partial charge in [0.2, 0.25) is 10.0 Å². The van der Waals surface area contributed by atoms with Gasteiger partial charge in [0.1, 0.15) is 5.69 Å². The highest BCUT2D eigenvalue weighted by Crippen LogP contribution is 2.24. The molecule has 0 aliphatic rings. The fourth-order valence-electron chi connectivity index (χ4n) is 2.73. The first-order chi connectivity index (χ1) is 14.2. The number of hydrazone groups is 1. The quantitative estimate of drug-likeness (QED) is 0.354. The second kappa shape index (κ2) is 9.94. The predicted molar refractivity (Wildman–Crippen MR) is 114 cm³/mol.